The summed E-state index contributed by atoms with van der Waals surface area (Å²) in [7, 11) is -0.401. The van der Waals surface area contributed by atoms with Crippen molar-refractivity contribution in [3.8, 4) is 11.5 Å². The molecule has 1 N–H and O–H groups in total. The van der Waals surface area contributed by atoms with Crippen molar-refractivity contribution in [3.05, 3.63) is 53.1 Å². The van der Waals surface area contributed by atoms with Crippen LogP contribution in [0, 0.1) is 0 Å². The maximum absolute atomic E-state index is 12.9. The van der Waals surface area contributed by atoms with Crippen LogP contribution in [0.2, 0.25) is 0 Å². The summed E-state index contributed by atoms with van der Waals surface area (Å²) in [5, 5.41) is 2.72. The number of nitrogens with one attached hydrogen (secondary N) is 1. The summed E-state index contributed by atoms with van der Waals surface area (Å²) in [6.07, 6.45) is 1.22. The molecule has 1 saturated heterocycles. The predicted molar refractivity (Wildman–Crippen MR) is 133 cm³/mol. The van der Waals surface area contributed by atoms with E-state index >= 15 is 0 Å². The van der Waals surface area contributed by atoms with Crippen molar-refractivity contribution in [1.29, 1.82) is 0 Å². The monoisotopic (exact) mass is 515 g/mol. The van der Waals surface area contributed by atoms with E-state index in [0.717, 1.165) is 16.0 Å². The molecular formula is C25H29N3O7S. The highest BCUT2D eigenvalue weighted by Gasteiger charge is 2.30. The number of fused-ring (bicyclic) bond motifs is 1. The number of hydrogen-bond donors (Lipinski definition) is 1. The number of nitrogens with zero attached hydrogens (tertiary/aromatic N) is 2. The van der Waals surface area contributed by atoms with E-state index in [4.69, 9.17) is 9.47 Å². The maximum Gasteiger partial charge on any atom is 0.251 e. The third-order valence-corrected chi connectivity index (χ3v) is 8.28. The average Bonchev–Trinajstić information content (AvgIpc) is 3.22. The zero-order chi connectivity index (χ0) is 25.9. The number of benzene rings is 2. The highest BCUT2D eigenvalue weighted by atomic mass is 32.2. The Morgan fingerprint density at radius 3 is 2.17 bits per heavy atom. The van der Waals surface area contributed by atoms with Gasteiger partial charge in [-0.25, -0.2) is 8.42 Å². The minimum Gasteiger partial charge on any atom is -0.493 e. The summed E-state index contributed by atoms with van der Waals surface area (Å²) in [6.45, 7) is 0.836. The van der Waals surface area contributed by atoms with Gasteiger partial charge in [-0.1, -0.05) is 0 Å². The van der Waals surface area contributed by atoms with E-state index in [1.54, 1.807) is 26.4 Å². The molecule has 0 spiro atoms. The van der Waals surface area contributed by atoms with Gasteiger partial charge in [-0.3, -0.25) is 19.3 Å². The quantitative estimate of drug-likeness (QED) is 0.400. The van der Waals surface area contributed by atoms with Crippen LogP contribution in [-0.2, 0) is 32.6 Å². The first-order valence-corrected chi connectivity index (χ1v) is 13.3. The van der Waals surface area contributed by atoms with E-state index in [9.17, 15) is 22.8 Å². The molecular weight excluding hydrogens is 486 g/mol. The fourth-order valence-electron chi connectivity index (χ4n) is 4.41. The van der Waals surface area contributed by atoms with Gasteiger partial charge in [-0.2, -0.15) is 4.31 Å². The average molecular weight is 516 g/mol. The molecule has 1 fully saturated rings. The van der Waals surface area contributed by atoms with E-state index in [1.165, 1.54) is 16.4 Å². The van der Waals surface area contributed by atoms with Crippen molar-refractivity contribution in [2.24, 2.45) is 0 Å². The van der Waals surface area contributed by atoms with Crippen molar-refractivity contribution >= 4 is 33.4 Å². The van der Waals surface area contributed by atoms with Gasteiger partial charge in [0.2, 0.25) is 21.8 Å². The Morgan fingerprint density at radius 2 is 1.56 bits per heavy atom. The maximum atomic E-state index is 12.9. The lowest BCUT2D eigenvalue weighted by Crippen LogP contribution is -2.38. The van der Waals surface area contributed by atoms with Crippen LogP contribution < -0.4 is 19.7 Å². The highest BCUT2D eigenvalue weighted by Crippen LogP contribution is 2.34. The van der Waals surface area contributed by atoms with Crippen molar-refractivity contribution in [2.45, 2.75) is 32.2 Å². The van der Waals surface area contributed by atoms with Gasteiger partial charge in [0.15, 0.2) is 11.5 Å². The first kappa shape index (κ1) is 25.6. The molecule has 4 rings (SSSR count). The molecule has 10 nitrogen and oxygen atoms in total. The summed E-state index contributed by atoms with van der Waals surface area (Å²) in [5.41, 5.74) is 2.72. The second-order valence-electron chi connectivity index (χ2n) is 8.65. The summed E-state index contributed by atoms with van der Waals surface area (Å²) in [4.78, 5) is 37.3. The number of anilines is 1. The van der Waals surface area contributed by atoms with Crippen LogP contribution in [0.4, 0.5) is 5.69 Å². The van der Waals surface area contributed by atoms with E-state index in [1.807, 2.05) is 12.1 Å². The Balaban J connectivity index is 1.28. The highest BCUT2D eigenvalue weighted by molar-refractivity contribution is 7.89. The molecule has 0 atom stereocenters. The fourth-order valence-corrected chi connectivity index (χ4v) is 5.88. The van der Waals surface area contributed by atoms with Crippen LogP contribution in [0.25, 0.3) is 0 Å². The fraction of sp³-hybridized carbons (Fsp3) is 0.400. The zero-order valence-corrected chi connectivity index (χ0v) is 21.1. The van der Waals surface area contributed by atoms with Crippen LogP contribution in [0.1, 0.15) is 40.7 Å². The second kappa shape index (κ2) is 10.7. The summed E-state index contributed by atoms with van der Waals surface area (Å²) in [5.74, 6) is 0.226. The topological polar surface area (TPSA) is 122 Å². The Morgan fingerprint density at radius 1 is 0.944 bits per heavy atom. The first-order chi connectivity index (χ1) is 17.2. The van der Waals surface area contributed by atoms with Gasteiger partial charge in [-0.05, 0) is 60.4 Å². The van der Waals surface area contributed by atoms with Crippen LogP contribution in [0.5, 0.6) is 11.5 Å². The first-order valence-electron chi connectivity index (χ1n) is 11.7. The van der Waals surface area contributed by atoms with Gasteiger partial charge in [0.25, 0.3) is 5.91 Å². The van der Waals surface area contributed by atoms with Gasteiger partial charge >= 0.3 is 0 Å². The standard InChI is InChI=1S/C25H29N3O7S/c1-34-21-14-18-10-12-27(16-19(18)15-22(21)35-2)36(32,33)13-3-11-26-25(31)17-4-6-20(7-5-17)28-23(29)8-9-24(28)30/h4-7,14-15H,3,8-13,16H2,1-2H3,(H,26,31). The third kappa shape index (κ3) is 5.36. The van der Waals surface area contributed by atoms with Crippen molar-refractivity contribution in [3.63, 3.8) is 0 Å². The molecule has 0 unspecified atom stereocenters. The number of carbonyl (C=O) groups excluding carboxylic acids is 3. The summed E-state index contributed by atoms with van der Waals surface area (Å²) < 4.78 is 37.9. The largest absolute Gasteiger partial charge is 0.493 e. The number of sulfonamides is 1. The van der Waals surface area contributed by atoms with E-state index in [0.29, 0.717) is 35.7 Å². The molecule has 3 amide bonds. The molecule has 2 heterocycles. The molecule has 2 aromatic rings. The van der Waals surface area contributed by atoms with Gasteiger partial charge in [0.05, 0.1) is 25.7 Å². The number of carbonyl (C=O) groups is 3. The molecule has 2 aliphatic heterocycles. The van der Waals surface area contributed by atoms with E-state index < -0.39 is 10.0 Å². The SMILES string of the molecule is COc1cc2c(cc1OC)CN(S(=O)(=O)CCCNC(=O)c1ccc(N3C(=O)CCC3=O)cc1)CC2. The van der Waals surface area contributed by atoms with Gasteiger partial charge in [0.1, 0.15) is 0 Å². The lowest BCUT2D eigenvalue weighted by atomic mass is 10.0. The van der Waals surface area contributed by atoms with Crippen LogP contribution in [0.3, 0.4) is 0 Å². The van der Waals surface area contributed by atoms with Crippen LogP contribution >= 0.6 is 0 Å². The van der Waals surface area contributed by atoms with E-state index in [2.05, 4.69) is 5.32 Å². The number of hydrogen-bond acceptors (Lipinski definition) is 7. The second-order valence-corrected chi connectivity index (χ2v) is 10.7. The Hall–Kier alpha value is -3.44. The summed E-state index contributed by atoms with van der Waals surface area (Å²) >= 11 is 0. The zero-order valence-electron chi connectivity index (χ0n) is 20.3. The Labute approximate surface area is 210 Å². The van der Waals surface area contributed by atoms with Crippen LogP contribution in [0.15, 0.2) is 36.4 Å². The lowest BCUT2D eigenvalue weighted by Gasteiger charge is -2.29. The van der Waals surface area contributed by atoms with Crippen molar-refractivity contribution < 1.29 is 32.3 Å². The van der Waals surface area contributed by atoms with Gasteiger partial charge < -0.3 is 14.8 Å². The number of methoxy groups -OCH3 is 2. The Kier molecular flexibility index (Phi) is 7.60. The van der Waals surface area contributed by atoms with E-state index in [-0.39, 0.29) is 55.8 Å². The minimum atomic E-state index is -3.51. The minimum absolute atomic E-state index is 0.0893. The molecule has 2 aromatic carbocycles. The molecule has 11 heteroatoms. The Bertz CT molecular complexity index is 1260. The smallest absolute Gasteiger partial charge is 0.251 e. The molecule has 0 saturated carbocycles. The molecule has 0 radical (unpaired) electrons. The predicted octanol–water partition coefficient (Wildman–Crippen LogP) is 1.87. The molecule has 0 aliphatic carbocycles. The number of imide groups is 1. The molecule has 36 heavy (non-hydrogen) atoms. The third-order valence-electron chi connectivity index (χ3n) is 6.38. The van der Waals surface area contributed by atoms with Gasteiger partial charge in [-0.15, -0.1) is 0 Å². The van der Waals surface area contributed by atoms with Crippen molar-refractivity contribution in [2.75, 3.05) is 38.0 Å². The molecule has 192 valence electrons. The number of rotatable bonds is 9. The summed E-state index contributed by atoms with van der Waals surface area (Å²) in [6, 6.07) is 9.89. The lowest BCUT2D eigenvalue weighted by molar-refractivity contribution is -0.121. The van der Waals surface area contributed by atoms with Gasteiger partial charge in [0, 0.05) is 38.0 Å². The normalized spacial score (nSPS) is 16.1. The molecule has 2 aliphatic rings. The number of amides is 3. The number of ether oxygens (including phenoxy) is 2. The molecule has 0 aromatic heterocycles. The van der Waals surface area contributed by atoms with Crippen molar-refractivity contribution in [1.82, 2.24) is 9.62 Å². The molecule has 0 bridgehead atoms. The van der Waals surface area contributed by atoms with Crippen LogP contribution in [-0.4, -0.2) is 63.5 Å².